The number of ether oxygens (including phenoxy) is 1. The van der Waals surface area contributed by atoms with E-state index < -0.39 is 0 Å². The normalized spacial score (nSPS) is 16.2. The molecule has 1 unspecified atom stereocenters. The summed E-state index contributed by atoms with van der Waals surface area (Å²) >= 11 is 0. The highest BCUT2D eigenvalue weighted by Gasteiger charge is 2.29. The summed E-state index contributed by atoms with van der Waals surface area (Å²) < 4.78 is 18.5. The average Bonchev–Trinajstić information content (AvgIpc) is 2.64. The number of rotatable bonds is 5. The Morgan fingerprint density at radius 1 is 1.28 bits per heavy atom. The van der Waals surface area contributed by atoms with E-state index in [2.05, 4.69) is 5.32 Å². The minimum Gasteiger partial charge on any atom is -0.492 e. The maximum Gasteiger partial charge on any atom is 0.318 e. The number of fused-ring (bicyclic) bond motifs is 1. The van der Waals surface area contributed by atoms with E-state index in [4.69, 9.17) is 4.74 Å². The molecule has 6 heteroatoms. The lowest BCUT2D eigenvalue weighted by atomic mass is 9.93. The predicted molar refractivity (Wildman–Crippen MR) is 92.0 cm³/mol. The third kappa shape index (κ3) is 4.09. The largest absolute Gasteiger partial charge is 0.492 e. The number of carbonyl (C=O) groups is 1. The molecule has 0 spiro atoms. The molecular formula is C19H21FN2O3. The molecule has 1 aliphatic rings. The Labute approximate surface area is 146 Å². The first-order valence-electron chi connectivity index (χ1n) is 8.30. The molecule has 2 aromatic carbocycles. The van der Waals surface area contributed by atoms with E-state index in [-0.39, 0.29) is 31.1 Å². The first kappa shape index (κ1) is 17.2. The second kappa shape index (κ2) is 7.98. The molecule has 132 valence electrons. The monoisotopic (exact) mass is 344 g/mol. The number of hydrogen-bond acceptors (Lipinski definition) is 3. The standard InChI is InChI=1S/C19H21FN2O3/c20-15-5-3-6-16(12-15)25-11-9-21-19(24)22-10-8-14-4-1-2-7-17(14)18(22)13-23/h1-7,12,18,23H,8-11,13H2,(H,21,24). The van der Waals surface area contributed by atoms with Crippen molar-refractivity contribution < 1.29 is 19.0 Å². The van der Waals surface area contributed by atoms with Gasteiger partial charge in [0.25, 0.3) is 0 Å². The molecule has 0 fully saturated rings. The smallest absolute Gasteiger partial charge is 0.318 e. The third-order valence-corrected chi connectivity index (χ3v) is 4.29. The van der Waals surface area contributed by atoms with Crippen LogP contribution in [0.4, 0.5) is 9.18 Å². The molecule has 1 aliphatic heterocycles. The lowest BCUT2D eigenvalue weighted by Crippen LogP contribution is -2.47. The number of nitrogens with one attached hydrogen (secondary N) is 1. The molecule has 2 aromatic rings. The van der Waals surface area contributed by atoms with Crippen molar-refractivity contribution in [2.24, 2.45) is 0 Å². The number of aliphatic hydroxyl groups excluding tert-OH is 1. The number of aliphatic hydroxyl groups is 1. The Balaban J connectivity index is 1.53. The van der Waals surface area contributed by atoms with Gasteiger partial charge in [-0.2, -0.15) is 0 Å². The lowest BCUT2D eigenvalue weighted by molar-refractivity contribution is 0.126. The van der Waals surface area contributed by atoms with Crippen LogP contribution in [0.15, 0.2) is 48.5 Å². The summed E-state index contributed by atoms with van der Waals surface area (Å²) in [4.78, 5) is 14.1. The summed E-state index contributed by atoms with van der Waals surface area (Å²) in [7, 11) is 0. The number of nitrogens with zero attached hydrogens (tertiary/aromatic N) is 1. The van der Waals surface area contributed by atoms with Crippen LogP contribution in [0.3, 0.4) is 0 Å². The quantitative estimate of drug-likeness (QED) is 0.820. The van der Waals surface area contributed by atoms with Crippen LogP contribution < -0.4 is 10.1 Å². The van der Waals surface area contributed by atoms with Crippen molar-refractivity contribution in [1.82, 2.24) is 10.2 Å². The summed E-state index contributed by atoms with van der Waals surface area (Å²) in [6, 6.07) is 13.1. The van der Waals surface area contributed by atoms with E-state index in [1.54, 1.807) is 17.0 Å². The molecule has 0 saturated carbocycles. The fourth-order valence-electron chi connectivity index (χ4n) is 3.08. The number of amides is 2. The minimum absolute atomic E-state index is 0.121. The van der Waals surface area contributed by atoms with E-state index in [0.717, 1.165) is 12.0 Å². The summed E-state index contributed by atoms with van der Waals surface area (Å²) in [6.07, 6.45) is 0.764. The van der Waals surface area contributed by atoms with Gasteiger partial charge in [-0.3, -0.25) is 0 Å². The van der Waals surface area contributed by atoms with Crippen molar-refractivity contribution in [2.45, 2.75) is 12.5 Å². The molecule has 0 aliphatic carbocycles. The number of carbonyl (C=O) groups excluding carboxylic acids is 1. The van der Waals surface area contributed by atoms with Gasteiger partial charge in [0.15, 0.2) is 0 Å². The van der Waals surface area contributed by atoms with Gasteiger partial charge in [-0.1, -0.05) is 30.3 Å². The summed E-state index contributed by atoms with van der Waals surface area (Å²) in [5.41, 5.74) is 2.16. The highest BCUT2D eigenvalue weighted by molar-refractivity contribution is 5.75. The number of hydrogen-bond donors (Lipinski definition) is 2. The van der Waals surface area contributed by atoms with Crippen molar-refractivity contribution in [3.8, 4) is 5.75 Å². The van der Waals surface area contributed by atoms with Crippen LogP contribution in [0.25, 0.3) is 0 Å². The van der Waals surface area contributed by atoms with E-state index >= 15 is 0 Å². The molecule has 25 heavy (non-hydrogen) atoms. The zero-order valence-electron chi connectivity index (χ0n) is 13.8. The second-order valence-corrected chi connectivity index (χ2v) is 5.88. The van der Waals surface area contributed by atoms with Crippen molar-refractivity contribution in [3.63, 3.8) is 0 Å². The first-order valence-corrected chi connectivity index (χ1v) is 8.30. The number of urea groups is 1. The Morgan fingerprint density at radius 3 is 2.92 bits per heavy atom. The lowest BCUT2D eigenvalue weighted by Gasteiger charge is -2.36. The molecule has 0 aromatic heterocycles. The molecule has 2 N–H and O–H groups in total. The molecule has 0 bridgehead atoms. The molecule has 2 amide bonds. The van der Waals surface area contributed by atoms with E-state index in [0.29, 0.717) is 18.8 Å². The molecule has 3 rings (SSSR count). The first-order chi connectivity index (χ1) is 12.2. The van der Waals surface area contributed by atoms with Gasteiger partial charge in [0.1, 0.15) is 18.2 Å². The Kier molecular flexibility index (Phi) is 5.50. The minimum atomic E-state index is -0.362. The Morgan fingerprint density at radius 2 is 2.12 bits per heavy atom. The van der Waals surface area contributed by atoms with E-state index in [1.807, 2.05) is 24.3 Å². The van der Waals surface area contributed by atoms with E-state index in [9.17, 15) is 14.3 Å². The number of halogens is 1. The summed E-state index contributed by atoms with van der Waals surface area (Å²) in [5, 5.41) is 12.5. The zero-order valence-corrected chi connectivity index (χ0v) is 13.8. The van der Waals surface area contributed by atoms with Gasteiger partial charge < -0.3 is 20.1 Å². The SMILES string of the molecule is O=C(NCCOc1cccc(F)c1)N1CCc2ccccc2C1CO. The third-order valence-electron chi connectivity index (χ3n) is 4.29. The fraction of sp³-hybridized carbons (Fsp3) is 0.316. The zero-order chi connectivity index (χ0) is 17.6. The maximum absolute atomic E-state index is 13.1. The Hall–Kier alpha value is -2.60. The van der Waals surface area contributed by atoms with Crippen molar-refractivity contribution in [2.75, 3.05) is 26.3 Å². The molecule has 1 heterocycles. The van der Waals surface area contributed by atoms with Crippen LogP contribution in [0.5, 0.6) is 5.75 Å². The summed E-state index contributed by atoms with van der Waals surface area (Å²) in [6.45, 7) is 0.970. The second-order valence-electron chi connectivity index (χ2n) is 5.88. The molecule has 0 saturated heterocycles. The van der Waals surface area contributed by atoms with Crippen LogP contribution in [0, 0.1) is 5.82 Å². The van der Waals surface area contributed by atoms with Gasteiger partial charge in [-0.15, -0.1) is 0 Å². The average molecular weight is 344 g/mol. The van der Waals surface area contributed by atoms with Crippen LogP contribution >= 0.6 is 0 Å². The van der Waals surface area contributed by atoms with Gasteiger partial charge >= 0.3 is 6.03 Å². The molecular weight excluding hydrogens is 323 g/mol. The maximum atomic E-state index is 13.1. The predicted octanol–water partition coefficient (Wildman–Crippen LogP) is 2.51. The van der Waals surface area contributed by atoms with Gasteiger partial charge in [0, 0.05) is 12.6 Å². The van der Waals surface area contributed by atoms with Crippen molar-refractivity contribution in [3.05, 3.63) is 65.5 Å². The molecule has 5 nitrogen and oxygen atoms in total. The molecule has 0 radical (unpaired) electrons. The van der Waals surface area contributed by atoms with Gasteiger partial charge in [-0.25, -0.2) is 9.18 Å². The van der Waals surface area contributed by atoms with Crippen LogP contribution in [0.2, 0.25) is 0 Å². The fourth-order valence-corrected chi connectivity index (χ4v) is 3.08. The van der Waals surface area contributed by atoms with E-state index in [1.165, 1.54) is 17.7 Å². The number of benzene rings is 2. The van der Waals surface area contributed by atoms with Crippen LogP contribution in [-0.2, 0) is 6.42 Å². The van der Waals surface area contributed by atoms with Gasteiger partial charge in [-0.05, 0) is 29.7 Å². The Bertz CT molecular complexity index is 738. The van der Waals surface area contributed by atoms with Crippen LogP contribution in [-0.4, -0.2) is 42.3 Å². The van der Waals surface area contributed by atoms with Crippen molar-refractivity contribution in [1.29, 1.82) is 0 Å². The highest BCUT2D eigenvalue weighted by atomic mass is 19.1. The topological polar surface area (TPSA) is 61.8 Å². The molecule has 1 atom stereocenters. The highest BCUT2D eigenvalue weighted by Crippen LogP contribution is 2.29. The van der Waals surface area contributed by atoms with Gasteiger partial charge in [0.2, 0.25) is 0 Å². The van der Waals surface area contributed by atoms with Crippen molar-refractivity contribution >= 4 is 6.03 Å². The van der Waals surface area contributed by atoms with Crippen LogP contribution in [0.1, 0.15) is 17.2 Å². The summed E-state index contributed by atoms with van der Waals surface area (Å²) in [5.74, 6) is 0.0636. The van der Waals surface area contributed by atoms with Gasteiger partial charge in [0.05, 0.1) is 19.2 Å².